The van der Waals surface area contributed by atoms with Crippen LogP contribution in [-0.2, 0) is 10.0 Å². The maximum atomic E-state index is 13.1. The van der Waals surface area contributed by atoms with Gasteiger partial charge in [0.1, 0.15) is 0 Å². The minimum atomic E-state index is -3.55. The Morgan fingerprint density at radius 2 is 1.62 bits per heavy atom. The highest BCUT2D eigenvalue weighted by Gasteiger charge is 2.31. The largest absolute Gasteiger partial charge is 0.351 e. The summed E-state index contributed by atoms with van der Waals surface area (Å²) in [6.07, 6.45) is 1.05. The molecule has 0 aliphatic carbocycles. The number of carbonyl (C=O) groups is 1. The maximum absolute atomic E-state index is 13.1. The predicted molar refractivity (Wildman–Crippen MR) is 158 cm³/mol. The van der Waals surface area contributed by atoms with Crippen LogP contribution in [0.25, 0.3) is 10.2 Å². The first-order valence-corrected chi connectivity index (χ1v) is 16.1. The molecule has 2 aliphatic rings. The number of benzene rings is 2. The number of nitrogens with zero attached hydrogens (tertiary/aromatic N) is 4. The summed E-state index contributed by atoms with van der Waals surface area (Å²) >= 11 is 1.77. The molecule has 2 fully saturated rings. The molecule has 2 aromatic carbocycles. The number of sulfonamides is 1. The number of aromatic nitrogens is 1. The van der Waals surface area contributed by atoms with E-state index in [9.17, 15) is 13.2 Å². The van der Waals surface area contributed by atoms with E-state index in [2.05, 4.69) is 54.9 Å². The number of hydrogen-bond acceptors (Lipinski definition) is 7. The van der Waals surface area contributed by atoms with E-state index in [4.69, 9.17) is 4.98 Å². The minimum absolute atomic E-state index is 0.182. The van der Waals surface area contributed by atoms with Crippen LogP contribution in [0.15, 0.2) is 41.3 Å². The lowest BCUT2D eigenvalue weighted by atomic mass is 9.94. The number of piperazine rings is 1. The second kappa shape index (κ2) is 11.5. The third-order valence-corrected chi connectivity index (χ3v) is 11.0. The quantitative estimate of drug-likeness (QED) is 0.461. The van der Waals surface area contributed by atoms with Crippen LogP contribution >= 0.6 is 11.3 Å². The van der Waals surface area contributed by atoms with Gasteiger partial charge in [0.25, 0.3) is 5.91 Å². The molecular formula is C29H39N5O3S2. The Morgan fingerprint density at radius 1 is 0.974 bits per heavy atom. The molecular weight excluding hydrogens is 530 g/mol. The van der Waals surface area contributed by atoms with E-state index in [1.54, 1.807) is 39.9 Å². The molecule has 5 rings (SSSR count). The zero-order valence-corrected chi connectivity index (χ0v) is 24.9. The van der Waals surface area contributed by atoms with Crippen molar-refractivity contribution in [3.8, 4) is 0 Å². The molecule has 2 aliphatic heterocycles. The number of amides is 1. The highest BCUT2D eigenvalue weighted by Crippen LogP contribution is 2.33. The number of nitrogens with one attached hydrogen (secondary N) is 1. The normalized spacial score (nSPS) is 21.4. The number of carbonyl (C=O) groups excluding carboxylic acids is 1. The standard InChI is InChI=1S/C29H39N5O3S2/c1-20-17-21(2)19-34(18-20)39(36,37)25-9-7-24(8-10-25)28(35)30-11-12-32-13-15-33(16-14-32)29-31-26-22(3)5-6-23(4)27(26)38-29/h5-10,20-21H,11-19H2,1-4H3,(H,30,35). The summed E-state index contributed by atoms with van der Waals surface area (Å²) in [5.74, 6) is 0.508. The fourth-order valence-electron chi connectivity index (χ4n) is 5.70. The van der Waals surface area contributed by atoms with Crippen molar-refractivity contribution in [2.24, 2.45) is 11.8 Å². The molecule has 39 heavy (non-hydrogen) atoms. The molecule has 1 N–H and O–H groups in total. The van der Waals surface area contributed by atoms with Gasteiger partial charge in [0.2, 0.25) is 10.0 Å². The van der Waals surface area contributed by atoms with Gasteiger partial charge in [0, 0.05) is 57.9 Å². The van der Waals surface area contributed by atoms with Gasteiger partial charge >= 0.3 is 0 Å². The van der Waals surface area contributed by atoms with Gasteiger partial charge < -0.3 is 10.2 Å². The molecule has 8 nitrogen and oxygen atoms in total. The van der Waals surface area contributed by atoms with E-state index in [0.717, 1.165) is 49.8 Å². The van der Waals surface area contributed by atoms with Gasteiger partial charge in [0.15, 0.2) is 5.13 Å². The monoisotopic (exact) mass is 569 g/mol. The first-order chi connectivity index (χ1) is 18.6. The minimum Gasteiger partial charge on any atom is -0.351 e. The fraction of sp³-hybridized carbons (Fsp3) is 0.517. The number of rotatable bonds is 7. The van der Waals surface area contributed by atoms with Crippen LogP contribution in [0.2, 0.25) is 0 Å². The van der Waals surface area contributed by atoms with Crippen LogP contribution in [0.3, 0.4) is 0 Å². The summed E-state index contributed by atoms with van der Waals surface area (Å²) in [6, 6.07) is 10.6. The fourth-order valence-corrected chi connectivity index (χ4v) is 8.55. The molecule has 1 amide bonds. The van der Waals surface area contributed by atoms with Crippen molar-refractivity contribution < 1.29 is 13.2 Å². The number of anilines is 1. The van der Waals surface area contributed by atoms with E-state index in [1.165, 1.54) is 15.8 Å². The van der Waals surface area contributed by atoms with Gasteiger partial charge in [-0.3, -0.25) is 9.69 Å². The molecule has 210 valence electrons. The second-order valence-electron chi connectivity index (χ2n) is 11.3. The Balaban J connectivity index is 1.10. The van der Waals surface area contributed by atoms with Crippen LogP contribution in [-0.4, -0.2) is 80.9 Å². The average molecular weight is 570 g/mol. The summed E-state index contributed by atoms with van der Waals surface area (Å²) in [7, 11) is -3.55. The average Bonchev–Trinajstić information content (AvgIpc) is 3.38. The van der Waals surface area contributed by atoms with Crippen LogP contribution in [0.4, 0.5) is 5.13 Å². The van der Waals surface area contributed by atoms with Crippen LogP contribution < -0.4 is 10.2 Å². The molecule has 0 bridgehead atoms. The molecule has 3 aromatic rings. The molecule has 3 heterocycles. The number of thiazole rings is 1. The molecule has 0 spiro atoms. The number of hydrogen-bond donors (Lipinski definition) is 1. The van der Waals surface area contributed by atoms with Gasteiger partial charge in [-0.15, -0.1) is 0 Å². The molecule has 0 saturated carbocycles. The van der Waals surface area contributed by atoms with E-state index in [0.29, 0.717) is 37.0 Å². The lowest BCUT2D eigenvalue weighted by Gasteiger charge is -2.34. The summed E-state index contributed by atoms with van der Waals surface area (Å²) < 4.78 is 29.1. The van der Waals surface area contributed by atoms with Crippen molar-refractivity contribution in [3.63, 3.8) is 0 Å². The number of piperidine rings is 1. The van der Waals surface area contributed by atoms with Crippen molar-refractivity contribution in [2.45, 2.75) is 39.0 Å². The lowest BCUT2D eigenvalue weighted by Crippen LogP contribution is -2.48. The maximum Gasteiger partial charge on any atom is 0.251 e. The van der Waals surface area contributed by atoms with Crippen LogP contribution in [0.1, 0.15) is 41.8 Å². The highest BCUT2D eigenvalue weighted by atomic mass is 32.2. The van der Waals surface area contributed by atoms with Crippen LogP contribution in [0, 0.1) is 25.7 Å². The smallest absolute Gasteiger partial charge is 0.251 e. The first-order valence-electron chi connectivity index (χ1n) is 13.8. The molecule has 0 radical (unpaired) electrons. The molecule has 1 aromatic heterocycles. The van der Waals surface area contributed by atoms with E-state index in [1.807, 2.05) is 0 Å². The Kier molecular flexibility index (Phi) is 8.28. The summed E-state index contributed by atoms with van der Waals surface area (Å²) in [5.41, 5.74) is 4.08. The first kappa shape index (κ1) is 28.0. The SMILES string of the molecule is Cc1ccc(C)c2sc(N3CCN(CCNC(=O)c4ccc(S(=O)(=O)N5CC(C)CC(C)C5)cc4)CC3)nc12. The number of fused-ring (bicyclic) bond motifs is 1. The second-order valence-corrected chi connectivity index (χ2v) is 14.2. The van der Waals surface area contributed by atoms with Gasteiger partial charge in [-0.25, -0.2) is 13.4 Å². The van der Waals surface area contributed by atoms with Crippen molar-refractivity contribution in [3.05, 3.63) is 53.1 Å². The molecule has 2 atom stereocenters. The Hall–Kier alpha value is -2.53. The Labute approximate surface area is 236 Å². The molecule has 2 unspecified atom stereocenters. The summed E-state index contributed by atoms with van der Waals surface area (Å²) in [4.78, 5) is 22.6. The third kappa shape index (κ3) is 6.14. The Bertz CT molecular complexity index is 1380. The van der Waals surface area contributed by atoms with Crippen LogP contribution in [0.5, 0.6) is 0 Å². The lowest BCUT2D eigenvalue weighted by molar-refractivity contribution is 0.0947. The van der Waals surface area contributed by atoms with Crippen molar-refractivity contribution >= 4 is 42.6 Å². The number of aryl methyl sites for hydroxylation is 2. The Morgan fingerprint density at radius 3 is 2.26 bits per heavy atom. The summed E-state index contributed by atoms with van der Waals surface area (Å²) in [5, 5.41) is 4.08. The van der Waals surface area contributed by atoms with Gasteiger partial charge in [-0.1, -0.05) is 37.3 Å². The van der Waals surface area contributed by atoms with Crippen molar-refractivity contribution in [2.75, 3.05) is 57.3 Å². The zero-order valence-electron chi connectivity index (χ0n) is 23.3. The van der Waals surface area contributed by atoms with Crippen molar-refractivity contribution in [1.82, 2.24) is 19.5 Å². The molecule has 10 heteroatoms. The zero-order chi connectivity index (χ0) is 27.7. The molecule has 2 saturated heterocycles. The highest BCUT2D eigenvalue weighted by molar-refractivity contribution is 7.89. The predicted octanol–water partition coefficient (Wildman–Crippen LogP) is 4.13. The van der Waals surface area contributed by atoms with Gasteiger partial charge in [0.05, 0.1) is 15.1 Å². The van der Waals surface area contributed by atoms with Gasteiger partial charge in [-0.05, 0) is 67.5 Å². The van der Waals surface area contributed by atoms with E-state index < -0.39 is 10.0 Å². The van der Waals surface area contributed by atoms with Gasteiger partial charge in [-0.2, -0.15) is 4.31 Å². The topological polar surface area (TPSA) is 85.8 Å². The van der Waals surface area contributed by atoms with Crippen molar-refractivity contribution in [1.29, 1.82) is 0 Å². The summed E-state index contributed by atoms with van der Waals surface area (Å²) in [6.45, 7) is 14.5. The van der Waals surface area contributed by atoms with E-state index >= 15 is 0 Å². The van der Waals surface area contributed by atoms with E-state index in [-0.39, 0.29) is 10.8 Å². The third-order valence-electron chi connectivity index (χ3n) is 7.88.